The van der Waals surface area contributed by atoms with E-state index in [1.54, 1.807) is 54.6 Å². The molecule has 0 fully saturated rings. The second kappa shape index (κ2) is 9.40. The monoisotopic (exact) mass is 392 g/mol. The number of benzene rings is 3. The highest BCUT2D eigenvalue weighted by Crippen LogP contribution is 2.14. The van der Waals surface area contributed by atoms with Crippen LogP contribution in [0.25, 0.3) is 0 Å². The van der Waals surface area contributed by atoms with Crippen molar-refractivity contribution in [2.45, 2.75) is 6.61 Å². The Hall–Kier alpha value is -3.10. The lowest BCUT2D eigenvalue weighted by Crippen LogP contribution is -2.29. The first-order valence-electron chi connectivity index (χ1n) is 8.78. The average Bonchev–Trinajstić information content (AvgIpc) is 2.73. The third kappa shape index (κ3) is 5.69. The van der Waals surface area contributed by atoms with Crippen LogP contribution in [0.2, 0.25) is 0 Å². The van der Waals surface area contributed by atoms with Crippen LogP contribution < -0.4 is 20.4 Å². The van der Waals surface area contributed by atoms with Gasteiger partial charge in [-0.15, -0.1) is 0 Å². The zero-order valence-electron chi connectivity index (χ0n) is 15.3. The quantitative estimate of drug-likeness (QED) is 0.251. The summed E-state index contributed by atoms with van der Waals surface area (Å²) in [6.07, 6.45) is 0. The molecule has 0 aliphatic carbocycles. The number of carbonyl (C=O) groups is 1. The van der Waals surface area contributed by atoms with Crippen molar-refractivity contribution in [3.63, 3.8) is 0 Å². The van der Waals surface area contributed by atoms with E-state index < -0.39 is 20.2 Å². The molecule has 9 heteroatoms. The molecule has 3 rings (SSSR count). The van der Waals surface area contributed by atoms with Gasteiger partial charge in [-0.2, -0.15) is 0 Å². The normalized spacial score (nSPS) is 10.3. The number of esters is 1. The Morgan fingerprint density at radius 1 is 0.759 bits per heavy atom. The van der Waals surface area contributed by atoms with Crippen molar-refractivity contribution in [2.24, 2.45) is 0 Å². The van der Waals surface area contributed by atoms with Gasteiger partial charge in [-0.3, -0.25) is 0 Å². The summed E-state index contributed by atoms with van der Waals surface area (Å²) in [4.78, 5) is 12.3. The summed E-state index contributed by atoms with van der Waals surface area (Å²) in [7, 11) is -3.21. The molecule has 0 aliphatic rings. The van der Waals surface area contributed by atoms with Gasteiger partial charge in [0.2, 0.25) is 0 Å². The van der Waals surface area contributed by atoms with Crippen molar-refractivity contribution in [3.8, 4) is 11.5 Å². The molecule has 0 spiro atoms. The fourth-order valence-corrected chi connectivity index (χ4v) is 2.57. The van der Waals surface area contributed by atoms with Gasteiger partial charge in [0.25, 0.3) is 0 Å². The van der Waals surface area contributed by atoms with E-state index in [4.69, 9.17) is 9.47 Å². The minimum absolute atomic E-state index is 0.207. The van der Waals surface area contributed by atoms with Crippen molar-refractivity contribution in [2.75, 3.05) is 0 Å². The van der Waals surface area contributed by atoms with E-state index in [0.717, 1.165) is 5.56 Å². The Balaban J connectivity index is 1.60. The zero-order chi connectivity index (χ0) is 20.8. The third-order valence-electron chi connectivity index (χ3n) is 4.12. The maximum absolute atomic E-state index is 12.3. The molecule has 0 aliphatic heterocycles. The standard InChI is InChI=1S/C20H18B2O7/c23-20(29-19-6-2-4-17(12-19)22(26)27)15-9-7-14(8-10-15)13-28-18-5-1-3-16(11-18)21(24)25/h1-12,24-27H,13H2. The highest BCUT2D eigenvalue weighted by atomic mass is 16.5. The van der Waals surface area contributed by atoms with Crippen LogP contribution in [0, 0.1) is 0 Å². The number of rotatable bonds is 7. The second-order valence-corrected chi connectivity index (χ2v) is 6.27. The van der Waals surface area contributed by atoms with Crippen LogP contribution in [0.1, 0.15) is 15.9 Å². The number of hydrogen-bond donors (Lipinski definition) is 4. The predicted octanol–water partition coefficient (Wildman–Crippen LogP) is -0.156. The van der Waals surface area contributed by atoms with Crippen LogP contribution in [0.15, 0.2) is 72.8 Å². The maximum atomic E-state index is 12.3. The molecule has 146 valence electrons. The van der Waals surface area contributed by atoms with Gasteiger partial charge in [-0.25, -0.2) is 4.79 Å². The molecule has 0 heterocycles. The number of hydrogen-bond acceptors (Lipinski definition) is 7. The Bertz CT molecular complexity index is 975. The molecule has 0 saturated heterocycles. The average molecular weight is 392 g/mol. The minimum atomic E-state index is -1.64. The molecule has 0 aromatic heterocycles. The van der Waals surface area contributed by atoms with E-state index in [0.29, 0.717) is 16.8 Å². The fraction of sp³-hybridized carbons (Fsp3) is 0.0500. The summed E-state index contributed by atoms with van der Waals surface area (Å²) in [6.45, 7) is 0.233. The number of ether oxygens (including phenoxy) is 2. The van der Waals surface area contributed by atoms with Gasteiger partial charge in [0.05, 0.1) is 5.56 Å². The molecular weight excluding hydrogens is 374 g/mol. The SMILES string of the molecule is O=C(Oc1cccc(B(O)O)c1)c1ccc(COc2cccc(B(O)O)c2)cc1. The lowest BCUT2D eigenvalue weighted by atomic mass is 9.80. The van der Waals surface area contributed by atoms with Crippen molar-refractivity contribution in [1.29, 1.82) is 0 Å². The summed E-state index contributed by atoms with van der Waals surface area (Å²) >= 11 is 0. The first kappa shape index (κ1) is 20.6. The summed E-state index contributed by atoms with van der Waals surface area (Å²) < 4.78 is 10.9. The molecule has 4 N–H and O–H groups in total. The molecule has 0 amide bonds. The van der Waals surface area contributed by atoms with Crippen LogP contribution >= 0.6 is 0 Å². The summed E-state index contributed by atoms with van der Waals surface area (Å²) in [5, 5.41) is 36.8. The molecule has 7 nitrogen and oxygen atoms in total. The van der Waals surface area contributed by atoms with Crippen LogP contribution in [-0.2, 0) is 6.61 Å². The van der Waals surface area contributed by atoms with Crippen LogP contribution in [0.3, 0.4) is 0 Å². The maximum Gasteiger partial charge on any atom is 0.488 e. The molecule has 3 aromatic carbocycles. The van der Waals surface area contributed by atoms with Crippen molar-refractivity contribution in [1.82, 2.24) is 0 Å². The first-order chi connectivity index (χ1) is 13.9. The van der Waals surface area contributed by atoms with Gasteiger partial charge in [0, 0.05) is 0 Å². The molecule has 29 heavy (non-hydrogen) atoms. The predicted molar refractivity (Wildman–Crippen MR) is 108 cm³/mol. The molecule has 0 saturated carbocycles. The highest BCUT2D eigenvalue weighted by molar-refractivity contribution is 6.59. The lowest BCUT2D eigenvalue weighted by molar-refractivity contribution is 0.0734. The summed E-state index contributed by atoms with van der Waals surface area (Å²) in [5.74, 6) is 0.121. The molecule has 3 aromatic rings. The topological polar surface area (TPSA) is 116 Å². The Morgan fingerprint density at radius 3 is 1.90 bits per heavy atom. The minimum Gasteiger partial charge on any atom is -0.489 e. The first-order valence-corrected chi connectivity index (χ1v) is 8.78. The highest BCUT2D eigenvalue weighted by Gasteiger charge is 2.14. The molecule has 0 atom stereocenters. The number of carbonyl (C=O) groups excluding carboxylic acids is 1. The van der Waals surface area contributed by atoms with Gasteiger partial charge in [0.1, 0.15) is 18.1 Å². The Morgan fingerprint density at radius 2 is 1.31 bits per heavy atom. The molecule has 0 unspecified atom stereocenters. The Kier molecular flexibility index (Phi) is 6.69. The van der Waals surface area contributed by atoms with Gasteiger partial charge in [-0.05, 0) is 52.9 Å². The zero-order valence-corrected chi connectivity index (χ0v) is 15.3. The molecule has 0 bridgehead atoms. The van der Waals surface area contributed by atoms with Crippen molar-refractivity contribution < 1.29 is 34.4 Å². The summed E-state index contributed by atoms with van der Waals surface area (Å²) in [6, 6.07) is 19.1. The van der Waals surface area contributed by atoms with Gasteiger partial charge in [0.15, 0.2) is 0 Å². The van der Waals surface area contributed by atoms with Crippen molar-refractivity contribution >= 4 is 31.1 Å². The van der Waals surface area contributed by atoms with E-state index >= 15 is 0 Å². The van der Waals surface area contributed by atoms with Gasteiger partial charge >= 0.3 is 20.2 Å². The molecular formula is C20H18B2O7. The van der Waals surface area contributed by atoms with Crippen molar-refractivity contribution in [3.05, 3.63) is 83.9 Å². The van der Waals surface area contributed by atoms with Crippen LogP contribution in [-0.4, -0.2) is 40.3 Å². The largest absolute Gasteiger partial charge is 0.489 e. The van der Waals surface area contributed by atoms with E-state index in [9.17, 15) is 24.9 Å². The van der Waals surface area contributed by atoms with E-state index in [1.165, 1.54) is 18.2 Å². The van der Waals surface area contributed by atoms with Gasteiger partial charge < -0.3 is 29.6 Å². The second-order valence-electron chi connectivity index (χ2n) is 6.27. The lowest BCUT2D eigenvalue weighted by Gasteiger charge is -2.09. The smallest absolute Gasteiger partial charge is 0.488 e. The van der Waals surface area contributed by atoms with Crippen LogP contribution in [0.4, 0.5) is 0 Å². The van der Waals surface area contributed by atoms with Gasteiger partial charge in [-0.1, -0.05) is 36.4 Å². The Labute approximate surface area is 168 Å². The molecule has 0 radical (unpaired) electrons. The van der Waals surface area contributed by atoms with E-state index in [-0.39, 0.29) is 17.8 Å². The van der Waals surface area contributed by atoms with Crippen LogP contribution in [0.5, 0.6) is 11.5 Å². The fourth-order valence-electron chi connectivity index (χ4n) is 2.57. The third-order valence-corrected chi connectivity index (χ3v) is 4.12. The van der Waals surface area contributed by atoms with E-state index in [1.807, 2.05) is 0 Å². The van der Waals surface area contributed by atoms with E-state index in [2.05, 4.69) is 0 Å². The summed E-state index contributed by atoms with van der Waals surface area (Å²) in [5.41, 5.74) is 1.69.